The number of halogens is 1. The van der Waals surface area contributed by atoms with Gasteiger partial charge in [-0.25, -0.2) is 0 Å². The molecular weight excluding hydrogens is 304 g/mol. The molecule has 2 heterocycles. The van der Waals surface area contributed by atoms with Crippen LogP contribution in [0.2, 0.25) is 0 Å². The molecule has 2 N–H and O–H groups in total. The number of carbonyl (C=O) groups excluding carboxylic acids is 1. The number of likely N-dealkylation sites (tertiary alicyclic amines) is 1. The number of piperidine rings is 1. The van der Waals surface area contributed by atoms with Crippen LogP contribution >= 0.6 is 12.4 Å². The highest BCUT2D eigenvalue weighted by Crippen LogP contribution is 2.38. The van der Waals surface area contributed by atoms with E-state index in [0.717, 1.165) is 45.1 Å². The Hall–Kier alpha value is -1.14. The van der Waals surface area contributed by atoms with Crippen LogP contribution in [0.1, 0.15) is 69.5 Å². The minimum atomic E-state index is -0.381. The number of nitrogens with two attached hydrogens (primary N) is 1. The van der Waals surface area contributed by atoms with Crippen LogP contribution in [0.5, 0.6) is 0 Å². The van der Waals surface area contributed by atoms with E-state index in [4.69, 9.17) is 10.3 Å². The van der Waals surface area contributed by atoms with Crippen molar-refractivity contribution < 1.29 is 9.32 Å². The fraction of sp³-hybridized carbons (Fsp3) is 0.800. The molecule has 0 aromatic carbocycles. The minimum Gasteiger partial charge on any atom is -0.342 e. The predicted molar refractivity (Wildman–Crippen MR) is 84.7 cm³/mol. The second-order valence-corrected chi connectivity index (χ2v) is 6.39. The normalized spacial score (nSPS) is 23.5. The van der Waals surface area contributed by atoms with Crippen LogP contribution in [0, 0.1) is 0 Å². The van der Waals surface area contributed by atoms with Gasteiger partial charge in [-0.15, -0.1) is 12.4 Å². The van der Waals surface area contributed by atoms with Crippen molar-refractivity contribution in [1.82, 2.24) is 15.0 Å². The predicted octanol–water partition coefficient (Wildman–Crippen LogP) is 2.34. The first-order valence-corrected chi connectivity index (χ1v) is 8.03. The molecular formula is C15H25ClN4O2. The quantitative estimate of drug-likeness (QED) is 0.916. The molecule has 22 heavy (non-hydrogen) atoms. The molecule has 1 saturated heterocycles. The van der Waals surface area contributed by atoms with Gasteiger partial charge in [-0.2, -0.15) is 4.98 Å². The van der Waals surface area contributed by atoms with Gasteiger partial charge in [0.25, 0.3) is 0 Å². The van der Waals surface area contributed by atoms with Crippen LogP contribution < -0.4 is 5.73 Å². The van der Waals surface area contributed by atoms with Crippen LogP contribution in [0.15, 0.2) is 4.52 Å². The van der Waals surface area contributed by atoms with Crippen molar-refractivity contribution in [3.05, 3.63) is 11.7 Å². The molecule has 1 amide bonds. The van der Waals surface area contributed by atoms with E-state index in [1.165, 1.54) is 0 Å². The van der Waals surface area contributed by atoms with Crippen molar-refractivity contribution in [2.24, 2.45) is 5.73 Å². The van der Waals surface area contributed by atoms with Crippen molar-refractivity contribution in [2.45, 2.75) is 63.3 Å². The highest BCUT2D eigenvalue weighted by molar-refractivity contribution is 5.85. The molecule has 6 nitrogen and oxygen atoms in total. The standard InChI is InChI=1S/C15H24N4O2.ClH/c1-2-5-12(20)19-9-3-6-11(10-19)13-17-14(18-21-13)15(16)7-4-8-15;/h11H,2-10,16H2,1H3;1H. The number of aromatic nitrogens is 2. The SMILES string of the molecule is CCCC(=O)N1CCCC(c2nc(C3(N)CCC3)no2)C1.Cl. The zero-order valence-corrected chi connectivity index (χ0v) is 13.9. The molecule has 1 atom stereocenters. The van der Waals surface area contributed by atoms with Gasteiger partial charge in [0.05, 0.1) is 11.5 Å². The Kier molecular flexibility index (Phi) is 5.45. The van der Waals surface area contributed by atoms with Crippen molar-refractivity contribution >= 4 is 18.3 Å². The monoisotopic (exact) mass is 328 g/mol. The van der Waals surface area contributed by atoms with E-state index in [2.05, 4.69) is 10.1 Å². The van der Waals surface area contributed by atoms with Crippen LogP contribution in [-0.2, 0) is 10.3 Å². The molecule has 1 aliphatic carbocycles. The van der Waals surface area contributed by atoms with Gasteiger partial charge >= 0.3 is 0 Å². The topological polar surface area (TPSA) is 85.2 Å². The Labute approximate surface area is 137 Å². The van der Waals surface area contributed by atoms with Crippen molar-refractivity contribution in [1.29, 1.82) is 0 Å². The molecule has 1 aliphatic heterocycles. The summed E-state index contributed by atoms with van der Waals surface area (Å²) in [6, 6.07) is 0. The Morgan fingerprint density at radius 3 is 2.86 bits per heavy atom. The number of carbonyl (C=O) groups is 1. The van der Waals surface area contributed by atoms with Crippen molar-refractivity contribution in [3.63, 3.8) is 0 Å². The Balaban J connectivity index is 0.00000176. The third kappa shape index (κ3) is 3.27. The Bertz CT molecular complexity index is 515. The van der Waals surface area contributed by atoms with Gasteiger partial charge in [-0.3, -0.25) is 4.79 Å². The van der Waals surface area contributed by atoms with E-state index in [1.54, 1.807) is 0 Å². The van der Waals surface area contributed by atoms with Gasteiger partial charge in [-0.05, 0) is 38.5 Å². The molecule has 2 fully saturated rings. The van der Waals surface area contributed by atoms with Crippen LogP contribution in [0.25, 0.3) is 0 Å². The van der Waals surface area contributed by atoms with E-state index < -0.39 is 0 Å². The average Bonchev–Trinajstić information content (AvgIpc) is 2.95. The van der Waals surface area contributed by atoms with Gasteiger partial charge in [0, 0.05) is 19.5 Å². The maximum absolute atomic E-state index is 12.0. The Morgan fingerprint density at radius 2 is 2.23 bits per heavy atom. The van der Waals surface area contributed by atoms with Crippen LogP contribution in [-0.4, -0.2) is 34.0 Å². The number of rotatable bonds is 4. The minimum absolute atomic E-state index is 0. The fourth-order valence-electron chi connectivity index (χ4n) is 3.16. The highest BCUT2D eigenvalue weighted by Gasteiger charge is 2.40. The molecule has 0 spiro atoms. The molecule has 1 aromatic rings. The first-order chi connectivity index (χ1) is 10.1. The fourth-order valence-corrected chi connectivity index (χ4v) is 3.16. The molecule has 7 heteroatoms. The zero-order valence-electron chi connectivity index (χ0n) is 13.1. The molecule has 1 unspecified atom stereocenters. The summed E-state index contributed by atoms with van der Waals surface area (Å²) in [7, 11) is 0. The van der Waals surface area contributed by atoms with Crippen LogP contribution in [0.3, 0.4) is 0 Å². The first-order valence-electron chi connectivity index (χ1n) is 8.03. The lowest BCUT2D eigenvalue weighted by Gasteiger charge is -2.34. The van der Waals surface area contributed by atoms with Crippen molar-refractivity contribution in [2.75, 3.05) is 13.1 Å². The summed E-state index contributed by atoms with van der Waals surface area (Å²) in [6.45, 7) is 3.57. The van der Waals surface area contributed by atoms with Gasteiger partial charge < -0.3 is 15.2 Å². The van der Waals surface area contributed by atoms with Crippen LogP contribution in [0.4, 0.5) is 0 Å². The maximum atomic E-state index is 12.0. The highest BCUT2D eigenvalue weighted by atomic mass is 35.5. The van der Waals surface area contributed by atoms with E-state index in [0.29, 0.717) is 24.7 Å². The summed E-state index contributed by atoms with van der Waals surface area (Å²) in [6.07, 6.45) is 6.48. The summed E-state index contributed by atoms with van der Waals surface area (Å²) >= 11 is 0. The molecule has 3 rings (SSSR count). The summed E-state index contributed by atoms with van der Waals surface area (Å²) in [5.41, 5.74) is 5.85. The molecule has 0 bridgehead atoms. The van der Waals surface area contributed by atoms with Gasteiger partial charge in [0.1, 0.15) is 0 Å². The number of hydrogen-bond donors (Lipinski definition) is 1. The lowest BCUT2D eigenvalue weighted by atomic mass is 9.77. The largest absolute Gasteiger partial charge is 0.342 e. The molecule has 0 radical (unpaired) electrons. The van der Waals surface area contributed by atoms with E-state index in [9.17, 15) is 4.79 Å². The molecule has 1 saturated carbocycles. The van der Waals surface area contributed by atoms with Gasteiger partial charge in [0.2, 0.25) is 11.8 Å². The lowest BCUT2D eigenvalue weighted by Crippen LogP contribution is -2.44. The molecule has 1 aromatic heterocycles. The number of nitrogens with zero attached hydrogens (tertiary/aromatic N) is 3. The first kappa shape index (κ1) is 17.2. The maximum Gasteiger partial charge on any atom is 0.231 e. The average molecular weight is 329 g/mol. The third-order valence-electron chi connectivity index (χ3n) is 4.72. The van der Waals surface area contributed by atoms with E-state index in [-0.39, 0.29) is 29.8 Å². The van der Waals surface area contributed by atoms with E-state index >= 15 is 0 Å². The number of amides is 1. The van der Waals surface area contributed by atoms with E-state index in [1.807, 2.05) is 11.8 Å². The smallest absolute Gasteiger partial charge is 0.231 e. The summed E-state index contributed by atoms with van der Waals surface area (Å²) in [5, 5.41) is 4.08. The summed E-state index contributed by atoms with van der Waals surface area (Å²) in [4.78, 5) is 18.5. The Morgan fingerprint density at radius 1 is 1.45 bits per heavy atom. The second kappa shape index (κ2) is 6.96. The lowest BCUT2D eigenvalue weighted by molar-refractivity contribution is -0.132. The zero-order chi connectivity index (χ0) is 14.9. The van der Waals surface area contributed by atoms with Crippen molar-refractivity contribution in [3.8, 4) is 0 Å². The number of hydrogen-bond acceptors (Lipinski definition) is 5. The molecule has 2 aliphatic rings. The molecule has 124 valence electrons. The third-order valence-corrected chi connectivity index (χ3v) is 4.72. The summed E-state index contributed by atoms with van der Waals surface area (Å²) < 4.78 is 5.44. The summed E-state index contributed by atoms with van der Waals surface area (Å²) in [5.74, 6) is 1.68. The second-order valence-electron chi connectivity index (χ2n) is 6.39. The van der Waals surface area contributed by atoms with Gasteiger partial charge in [0.15, 0.2) is 5.82 Å². The van der Waals surface area contributed by atoms with Gasteiger partial charge in [-0.1, -0.05) is 12.1 Å².